The van der Waals surface area contributed by atoms with Gasteiger partial charge in [0.05, 0.1) is 17.6 Å². The lowest BCUT2D eigenvalue weighted by Crippen LogP contribution is -2.03. The van der Waals surface area contributed by atoms with Gasteiger partial charge in [0, 0.05) is 15.7 Å². The van der Waals surface area contributed by atoms with Crippen molar-refractivity contribution in [2.45, 2.75) is 4.90 Å². The summed E-state index contributed by atoms with van der Waals surface area (Å²) in [5.41, 5.74) is 0.0317. The van der Waals surface area contributed by atoms with Crippen LogP contribution < -0.4 is 0 Å². The number of hydrogen-bond donors (Lipinski definition) is 0. The Labute approximate surface area is 96.2 Å². The average molecular weight is 269 g/mol. The highest BCUT2D eigenvalue weighted by Gasteiger charge is 2.15. The van der Waals surface area contributed by atoms with Gasteiger partial charge in [-0.3, -0.25) is 0 Å². The number of benzene rings is 1. The van der Waals surface area contributed by atoms with E-state index in [0.29, 0.717) is 0 Å². The lowest BCUT2D eigenvalue weighted by Gasteiger charge is -2.02. The molecule has 0 aliphatic heterocycles. The zero-order valence-electron chi connectivity index (χ0n) is 7.53. The van der Waals surface area contributed by atoms with Crippen molar-refractivity contribution < 1.29 is 17.9 Å². The number of methoxy groups -OCH3 is 1. The van der Waals surface area contributed by atoms with E-state index in [1.54, 1.807) is 0 Å². The van der Waals surface area contributed by atoms with E-state index in [9.17, 15) is 13.2 Å². The van der Waals surface area contributed by atoms with Gasteiger partial charge in [-0.2, -0.15) is 0 Å². The number of carbonyl (C=O) groups excluding carboxylic acids is 1. The van der Waals surface area contributed by atoms with Crippen molar-refractivity contribution in [2.75, 3.05) is 7.11 Å². The molecule has 0 amide bonds. The maximum absolute atomic E-state index is 11.1. The predicted octanol–water partition coefficient (Wildman–Crippen LogP) is 2.05. The van der Waals surface area contributed by atoms with Gasteiger partial charge in [0.2, 0.25) is 0 Å². The van der Waals surface area contributed by atoms with E-state index < -0.39 is 15.0 Å². The summed E-state index contributed by atoms with van der Waals surface area (Å²) in [5.74, 6) is -0.681. The Morgan fingerprint density at radius 1 is 1.33 bits per heavy atom. The van der Waals surface area contributed by atoms with Crippen LogP contribution in [0.5, 0.6) is 0 Å². The van der Waals surface area contributed by atoms with Gasteiger partial charge in [0.1, 0.15) is 0 Å². The van der Waals surface area contributed by atoms with Crippen molar-refractivity contribution in [1.29, 1.82) is 0 Å². The number of rotatable bonds is 2. The third kappa shape index (κ3) is 3.09. The van der Waals surface area contributed by atoms with Crippen molar-refractivity contribution in [3.63, 3.8) is 0 Å². The second-order valence-corrected chi connectivity index (χ2v) is 5.61. The molecule has 4 nitrogen and oxygen atoms in total. The Morgan fingerprint density at radius 2 is 1.93 bits per heavy atom. The SMILES string of the molecule is COC(=O)c1cc(Cl)cc(S(=O)(=O)Cl)c1. The van der Waals surface area contributed by atoms with Gasteiger partial charge < -0.3 is 4.74 Å². The molecular formula is C8H6Cl2O4S. The molecule has 0 atom stereocenters. The number of hydrogen-bond acceptors (Lipinski definition) is 4. The fraction of sp³-hybridized carbons (Fsp3) is 0.125. The molecule has 0 spiro atoms. The maximum atomic E-state index is 11.1. The highest BCUT2D eigenvalue weighted by Crippen LogP contribution is 2.22. The topological polar surface area (TPSA) is 60.4 Å². The van der Waals surface area contributed by atoms with Gasteiger partial charge in [-0.1, -0.05) is 11.6 Å². The Bertz CT molecular complexity index is 495. The maximum Gasteiger partial charge on any atom is 0.337 e. The summed E-state index contributed by atoms with van der Waals surface area (Å²) < 4.78 is 26.4. The Morgan fingerprint density at radius 3 is 2.40 bits per heavy atom. The van der Waals surface area contributed by atoms with Gasteiger partial charge in [-0.15, -0.1) is 0 Å². The van der Waals surface area contributed by atoms with Crippen LogP contribution in [-0.2, 0) is 13.8 Å². The lowest BCUT2D eigenvalue weighted by atomic mass is 10.2. The van der Waals surface area contributed by atoms with Gasteiger partial charge >= 0.3 is 5.97 Å². The molecule has 0 heterocycles. The summed E-state index contributed by atoms with van der Waals surface area (Å²) in [6.45, 7) is 0. The molecule has 0 saturated heterocycles. The van der Waals surface area contributed by atoms with Gasteiger partial charge in [0.15, 0.2) is 0 Å². The standard InChI is InChI=1S/C8H6Cl2O4S/c1-14-8(11)5-2-6(9)4-7(3-5)15(10,12)13/h2-4H,1H3. The van der Waals surface area contributed by atoms with Crippen LogP contribution >= 0.6 is 22.3 Å². The smallest absolute Gasteiger partial charge is 0.337 e. The number of carbonyl (C=O) groups is 1. The highest BCUT2D eigenvalue weighted by atomic mass is 35.7. The molecule has 0 saturated carbocycles. The zero-order valence-corrected chi connectivity index (χ0v) is 9.86. The first-order valence-electron chi connectivity index (χ1n) is 3.68. The van der Waals surface area contributed by atoms with Crippen LogP contribution in [0.25, 0.3) is 0 Å². The molecule has 0 aliphatic carbocycles. The monoisotopic (exact) mass is 268 g/mol. The van der Waals surface area contributed by atoms with E-state index >= 15 is 0 Å². The number of esters is 1. The van der Waals surface area contributed by atoms with E-state index in [1.165, 1.54) is 13.2 Å². The molecule has 0 bridgehead atoms. The predicted molar refractivity (Wildman–Crippen MR) is 55.8 cm³/mol. The van der Waals surface area contributed by atoms with E-state index in [4.69, 9.17) is 22.3 Å². The second kappa shape index (κ2) is 4.38. The minimum absolute atomic E-state index is 0.0317. The summed E-state index contributed by atoms with van der Waals surface area (Å²) in [4.78, 5) is 10.9. The third-order valence-corrected chi connectivity index (χ3v) is 3.13. The minimum Gasteiger partial charge on any atom is -0.465 e. The first-order chi connectivity index (χ1) is 6.84. The molecule has 0 radical (unpaired) electrons. The van der Waals surface area contributed by atoms with Crippen molar-refractivity contribution in [2.24, 2.45) is 0 Å². The molecule has 1 aromatic carbocycles. The fourth-order valence-electron chi connectivity index (χ4n) is 0.939. The highest BCUT2D eigenvalue weighted by molar-refractivity contribution is 8.13. The number of halogens is 2. The quantitative estimate of drug-likeness (QED) is 0.609. The van der Waals surface area contributed by atoms with E-state index in [2.05, 4.69) is 4.74 Å². The van der Waals surface area contributed by atoms with E-state index in [0.717, 1.165) is 12.1 Å². The molecular weight excluding hydrogens is 263 g/mol. The molecule has 0 aliphatic rings. The average Bonchev–Trinajstić information content (AvgIpc) is 2.14. The minimum atomic E-state index is -3.91. The van der Waals surface area contributed by atoms with Crippen LogP contribution in [-0.4, -0.2) is 21.5 Å². The third-order valence-electron chi connectivity index (χ3n) is 1.57. The van der Waals surface area contributed by atoms with Gasteiger partial charge in [0.25, 0.3) is 9.05 Å². The summed E-state index contributed by atoms with van der Waals surface area (Å²) in [5, 5.41) is 0.0946. The Balaban J connectivity index is 3.35. The van der Waals surface area contributed by atoms with Crippen LogP contribution in [0.4, 0.5) is 0 Å². The Kier molecular flexibility index (Phi) is 3.59. The van der Waals surface area contributed by atoms with Crippen molar-refractivity contribution in [3.05, 3.63) is 28.8 Å². The van der Waals surface area contributed by atoms with Crippen molar-refractivity contribution in [3.8, 4) is 0 Å². The number of ether oxygens (including phenoxy) is 1. The summed E-state index contributed by atoms with van der Waals surface area (Å²) >= 11 is 5.63. The van der Waals surface area contributed by atoms with Crippen LogP contribution in [0.1, 0.15) is 10.4 Å². The summed E-state index contributed by atoms with van der Waals surface area (Å²) in [6, 6.07) is 3.54. The zero-order chi connectivity index (χ0) is 11.6. The molecule has 1 aromatic rings. The Hall–Kier alpha value is -0.780. The largest absolute Gasteiger partial charge is 0.465 e. The normalized spacial score (nSPS) is 11.1. The first-order valence-corrected chi connectivity index (χ1v) is 6.37. The van der Waals surface area contributed by atoms with E-state index in [-0.39, 0.29) is 15.5 Å². The first kappa shape index (κ1) is 12.3. The summed E-state index contributed by atoms with van der Waals surface area (Å²) in [6.07, 6.45) is 0. The molecule has 82 valence electrons. The van der Waals surface area contributed by atoms with Crippen molar-refractivity contribution >= 4 is 37.3 Å². The van der Waals surface area contributed by atoms with Crippen LogP contribution in [0.15, 0.2) is 23.1 Å². The van der Waals surface area contributed by atoms with Crippen molar-refractivity contribution in [1.82, 2.24) is 0 Å². The van der Waals surface area contributed by atoms with Crippen LogP contribution in [0, 0.1) is 0 Å². The van der Waals surface area contributed by atoms with Crippen LogP contribution in [0.2, 0.25) is 5.02 Å². The lowest BCUT2D eigenvalue weighted by molar-refractivity contribution is 0.0600. The van der Waals surface area contributed by atoms with Crippen LogP contribution in [0.3, 0.4) is 0 Å². The molecule has 15 heavy (non-hydrogen) atoms. The second-order valence-electron chi connectivity index (χ2n) is 2.61. The summed E-state index contributed by atoms with van der Waals surface area (Å²) in [7, 11) is 2.38. The molecule has 1 rings (SSSR count). The van der Waals surface area contributed by atoms with Gasteiger partial charge in [-0.05, 0) is 18.2 Å². The molecule has 0 aromatic heterocycles. The molecule has 7 heteroatoms. The van der Waals surface area contributed by atoms with E-state index in [1.807, 2.05) is 0 Å². The van der Waals surface area contributed by atoms with Gasteiger partial charge in [-0.25, -0.2) is 13.2 Å². The molecule has 0 N–H and O–H groups in total. The molecule has 0 unspecified atom stereocenters. The fourth-order valence-corrected chi connectivity index (χ4v) is 2.04. The molecule has 0 fully saturated rings.